The highest BCUT2D eigenvalue weighted by atomic mass is 79.9. The molecule has 0 bridgehead atoms. The van der Waals surface area contributed by atoms with E-state index in [0.717, 1.165) is 10.0 Å². The van der Waals surface area contributed by atoms with Gasteiger partial charge in [0.25, 0.3) is 0 Å². The molecule has 78 valence electrons. The number of alkyl halides is 1. The number of hydrogen-bond donors (Lipinski definition) is 1. The quantitative estimate of drug-likeness (QED) is 0.878. The first kappa shape index (κ1) is 12.0. The molecule has 0 aromatic heterocycles. The molecule has 0 unspecified atom stereocenters. The molecule has 1 aromatic carbocycles. The molecular weight excluding hydrogens is 268 g/mol. The summed E-state index contributed by atoms with van der Waals surface area (Å²) < 4.78 is 14.7. The first-order chi connectivity index (χ1) is 6.20. The van der Waals surface area contributed by atoms with Crippen molar-refractivity contribution >= 4 is 28.3 Å². The zero-order valence-corrected chi connectivity index (χ0v) is 10.00. The third-order valence-corrected chi connectivity index (χ3v) is 3.12. The molecule has 2 rings (SSSR count). The van der Waals surface area contributed by atoms with E-state index >= 15 is 0 Å². The van der Waals surface area contributed by atoms with Crippen LogP contribution in [-0.2, 0) is 6.42 Å². The minimum Gasteiger partial charge on any atom is -0.310 e. The zero-order chi connectivity index (χ0) is 9.31. The molecule has 0 aliphatic carbocycles. The first-order valence-electron chi connectivity index (χ1n) is 4.33. The Morgan fingerprint density at radius 2 is 2.00 bits per heavy atom. The average molecular weight is 281 g/mol. The van der Waals surface area contributed by atoms with E-state index in [0.29, 0.717) is 19.5 Å². The van der Waals surface area contributed by atoms with Gasteiger partial charge < -0.3 is 5.32 Å². The lowest BCUT2D eigenvalue weighted by molar-refractivity contribution is 0.0910. The summed E-state index contributed by atoms with van der Waals surface area (Å²) in [5.74, 6) is 0. The van der Waals surface area contributed by atoms with Crippen molar-refractivity contribution in [2.24, 2.45) is 0 Å². The molecular formula is C10H12BrClFN. The normalized spacial score (nSPS) is 18.1. The van der Waals surface area contributed by atoms with Gasteiger partial charge in [-0.15, -0.1) is 12.4 Å². The summed E-state index contributed by atoms with van der Waals surface area (Å²) in [6.07, 6.45) is 0.501. The van der Waals surface area contributed by atoms with Crippen molar-refractivity contribution in [2.75, 3.05) is 13.1 Å². The van der Waals surface area contributed by atoms with Crippen LogP contribution in [0.1, 0.15) is 5.56 Å². The molecule has 14 heavy (non-hydrogen) atoms. The summed E-state index contributed by atoms with van der Waals surface area (Å²) in [7, 11) is 0. The van der Waals surface area contributed by atoms with Gasteiger partial charge in [0.2, 0.25) is 0 Å². The predicted molar refractivity (Wildman–Crippen MR) is 61.8 cm³/mol. The van der Waals surface area contributed by atoms with Crippen molar-refractivity contribution in [1.82, 2.24) is 5.32 Å². The maximum atomic E-state index is 13.7. The minimum atomic E-state index is -1.02. The van der Waals surface area contributed by atoms with Crippen molar-refractivity contribution in [3.8, 4) is 0 Å². The van der Waals surface area contributed by atoms with Gasteiger partial charge in [-0.25, -0.2) is 4.39 Å². The van der Waals surface area contributed by atoms with Crippen LogP contribution in [0.4, 0.5) is 4.39 Å². The fourth-order valence-electron chi connectivity index (χ4n) is 1.50. The van der Waals surface area contributed by atoms with E-state index in [4.69, 9.17) is 0 Å². The Bertz CT molecular complexity index is 315. The van der Waals surface area contributed by atoms with Crippen molar-refractivity contribution in [2.45, 2.75) is 12.1 Å². The monoisotopic (exact) mass is 279 g/mol. The third kappa shape index (κ3) is 2.47. The van der Waals surface area contributed by atoms with Crippen LogP contribution in [0.15, 0.2) is 28.7 Å². The molecule has 1 aliphatic rings. The lowest BCUT2D eigenvalue weighted by Gasteiger charge is -2.35. The van der Waals surface area contributed by atoms with Gasteiger partial charge in [0, 0.05) is 24.0 Å². The van der Waals surface area contributed by atoms with Gasteiger partial charge in [0.05, 0.1) is 0 Å². The van der Waals surface area contributed by atoms with Gasteiger partial charge in [-0.1, -0.05) is 34.1 Å². The molecule has 1 nitrogen and oxygen atoms in total. The molecule has 0 amide bonds. The van der Waals surface area contributed by atoms with Crippen molar-refractivity contribution < 1.29 is 4.39 Å². The van der Waals surface area contributed by atoms with Crippen molar-refractivity contribution in [3.05, 3.63) is 34.3 Å². The molecule has 1 N–H and O–H groups in total. The van der Waals surface area contributed by atoms with Crippen LogP contribution in [0.2, 0.25) is 0 Å². The molecule has 1 aromatic rings. The van der Waals surface area contributed by atoms with Gasteiger partial charge in [-0.2, -0.15) is 0 Å². The first-order valence-corrected chi connectivity index (χ1v) is 5.12. The summed E-state index contributed by atoms with van der Waals surface area (Å²) in [6, 6.07) is 7.79. The van der Waals surface area contributed by atoms with Crippen LogP contribution in [0, 0.1) is 0 Å². The SMILES string of the molecule is Cl.FC1(Cc2ccccc2Br)CNC1. The number of nitrogens with one attached hydrogen (secondary N) is 1. The standard InChI is InChI=1S/C10H11BrFN.ClH/c11-9-4-2-1-3-8(9)5-10(12)6-13-7-10;/h1-4,13H,5-7H2;1H. The largest absolute Gasteiger partial charge is 0.310 e. The third-order valence-electron chi connectivity index (χ3n) is 2.35. The van der Waals surface area contributed by atoms with Crippen molar-refractivity contribution in [1.29, 1.82) is 0 Å². The van der Waals surface area contributed by atoms with Gasteiger partial charge in [0.1, 0.15) is 5.67 Å². The van der Waals surface area contributed by atoms with E-state index in [1.807, 2.05) is 24.3 Å². The number of hydrogen-bond acceptors (Lipinski definition) is 1. The fraction of sp³-hybridized carbons (Fsp3) is 0.400. The molecule has 0 saturated carbocycles. The van der Waals surface area contributed by atoms with Crippen LogP contribution in [0.25, 0.3) is 0 Å². The number of halogens is 3. The van der Waals surface area contributed by atoms with E-state index < -0.39 is 5.67 Å². The summed E-state index contributed by atoms with van der Waals surface area (Å²) in [5, 5.41) is 2.95. The highest BCUT2D eigenvalue weighted by Gasteiger charge is 2.37. The lowest BCUT2D eigenvalue weighted by Crippen LogP contribution is -2.57. The molecule has 1 heterocycles. The van der Waals surface area contributed by atoms with Gasteiger partial charge in [0.15, 0.2) is 0 Å². The Morgan fingerprint density at radius 1 is 1.36 bits per heavy atom. The molecule has 4 heteroatoms. The number of rotatable bonds is 2. The highest BCUT2D eigenvalue weighted by Crippen LogP contribution is 2.26. The maximum absolute atomic E-state index is 13.7. The summed E-state index contributed by atoms with van der Waals surface area (Å²) in [4.78, 5) is 0. The smallest absolute Gasteiger partial charge is 0.139 e. The highest BCUT2D eigenvalue weighted by molar-refractivity contribution is 9.10. The van der Waals surface area contributed by atoms with Crippen LogP contribution in [0.5, 0.6) is 0 Å². The molecule has 1 aliphatic heterocycles. The van der Waals surface area contributed by atoms with E-state index in [2.05, 4.69) is 21.2 Å². The topological polar surface area (TPSA) is 12.0 Å². The molecule has 0 spiro atoms. The second-order valence-corrected chi connectivity index (χ2v) is 4.38. The lowest BCUT2D eigenvalue weighted by atomic mass is 9.91. The van der Waals surface area contributed by atoms with Gasteiger partial charge in [-0.05, 0) is 11.6 Å². The summed E-state index contributed by atoms with van der Waals surface area (Å²) >= 11 is 3.42. The average Bonchev–Trinajstić information content (AvgIpc) is 2.06. The summed E-state index contributed by atoms with van der Waals surface area (Å²) in [6.45, 7) is 0.961. The van der Waals surface area contributed by atoms with E-state index in [-0.39, 0.29) is 12.4 Å². The van der Waals surface area contributed by atoms with Crippen LogP contribution in [0.3, 0.4) is 0 Å². The van der Waals surface area contributed by atoms with E-state index in [9.17, 15) is 4.39 Å². The number of benzene rings is 1. The molecule has 0 atom stereocenters. The Labute approximate surface area is 97.6 Å². The van der Waals surface area contributed by atoms with Crippen LogP contribution in [-0.4, -0.2) is 18.8 Å². The van der Waals surface area contributed by atoms with E-state index in [1.54, 1.807) is 0 Å². The Balaban J connectivity index is 0.000000980. The minimum absolute atomic E-state index is 0. The predicted octanol–water partition coefficient (Wildman–Crippen LogP) is 2.72. The Morgan fingerprint density at radius 3 is 2.50 bits per heavy atom. The zero-order valence-electron chi connectivity index (χ0n) is 7.59. The molecule has 1 saturated heterocycles. The second-order valence-electron chi connectivity index (χ2n) is 3.52. The van der Waals surface area contributed by atoms with Gasteiger partial charge in [-0.3, -0.25) is 0 Å². The fourth-order valence-corrected chi connectivity index (χ4v) is 1.93. The van der Waals surface area contributed by atoms with Crippen LogP contribution >= 0.6 is 28.3 Å². The van der Waals surface area contributed by atoms with Crippen molar-refractivity contribution in [3.63, 3.8) is 0 Å². The van der Waals surface area contributed by atoms with Gasteiger partial charge >= 0.3 is 0 Å². The van der Waals surface area contributed by atoms with E-state index in [1.165, 1.54) is 0 Å². The summed E-state index contributed by atoms with van der Waals surface area (Å²) in [5.41, 5.74) is 0.0238. The molecule has 0 radical (unpaired) electrons. The maximum Gasteiger partial charge on any atom is 0.139 e. The molecule has 1 fully saturated rings. The Hall–Kier alpha value is -0.120. The van der Waals surface area contributed by atoms with Crippen LogP contribution < -0.4 is 5.32 Å². The Kier molecular flexibility index (Phi) is 3.93. The second kappa shape index (κ2) is 4.60.